The van der Waals surface area contributed by atoms with Gasteiger partial charge in [-0.1, -0.05) is 27.4 Å². The fourth-order valence-electron chi connectivity index (χ4n) is 9.65. The summed E-state index contributed by atoms with van der Waals surface area (Å²) in [5.41, 5.74) is -3.29. The number of hydrogen-bond donors (Lipinski definition) is 4. The molecule has 19 atom stereocenters. The summed E-state index contributed by atoms with van der Waals surface area (Å²) in [6, 6.07) is -0.567. The van der Waals surface area contributed by atoms with E-state index in [0.29, 0.717) is 25.9 Å². The normalized spacial score (nSPS) is 49.8. The van der Waals surface area contributed by atoms with Gasteiger partial charge in [0.15, 0.2) is 12.6 Å². The third kappa shape index (κ3) is 10.3. The monoisotopic (exact) mass is 787 g/mol. The van der Waals surface area contributed by atoms with Gasteiger partial charge in [0.25, 0.3) is 0 Å². The van der Waals surface area contributed by atoms with E-state index in [4.69, 9.17) is 33.2 Å². The van der Waals surface area contributed by atoms with Crippen molar-refractivity contribution in [3.05, 3.63) is 12.2 Å². The Morgan fingerprint density at radius 1 is 1.00 bits per heavy atom. The number of ether oxygens (including phenoxy) is 7. The SMILES string of the molecule is C=C1CO[C@H]2[C@@H](C)N(C1)C[C@H](C)C[C@@](C)(O)[C@H](O[C@@H]1O[C@H](C)C[C@H](N(C)C)[C@H]1O)[C@@H](C)[C@H](O[C@H]1C[C@@](C)(OC)[C@@H](O)[C@H](C)O1)[C@@H](C)C(=O)O[C@H](CC)[C@@]2(C)O. The predicted octanol–water partition coefficient (Wildman–Crippen LogP) is 2.87. The molecule has 14 heteroatoms. The van der Waals surface area contributed by atoms with Crippen molar-refractivity contribution >= 4 is 5.97 Å². The summed E-state index contributed by atoms with van der Waals surface area (Å²) in [5, 5.41) is 47.5. The van der Waals surface area contributed by atoms with E-state index in [1.54, 1.807) is 34.6 Å². The van der Waals surface area contributed by atoms with Crippen LogP contribution in [-0.2, 0) is 38.0 Å². The molecule has 0 radical (unpaired) electrons. The molecule has 4 aliphatic rings. The molecule has 0 amide bonds. The molecule has 4 heterocycles. The van der Waals surface area contributed by atoms with Crippen molar-refractivity contribution in [2.45, 2.75) is 185 Å². The molecule has 4 N–H and O–H groups in total. The highest BCUT2D eigenvalue weighted by Gasteiger charge is 2.53. The number of hydrogen-bond acceptors (Lipinski definition) is 14. The number of carbonyl (C=O) groups excluding carboxylic acids is 1. The number of fused-ring (bicyclic) bond motifs is 2. The smallest absolute Gasteiger partial charge is 0.311 e. The van der Waals surface area contributed by atoms with Crippen molar-refractivity contribution in [2.24, 2.45) is 17.8 Å². The minimum atomic E-state index is -1.58. The summed E-state index contributed by atoms with van der Waals surface area (Å²) in [5.74, 6) is -2.43. The Kier molecular flexibility index (Phi) is 15.5. The predicted molar refractivity (Wildman–Crippen MR) is 206 cm³/mol. The zero-order valence-electron chi connectivity index (χ0n) is 35.8. The molecular weight excluding hydrogens is 712 g/mol. The third-order valence-corrected chi connectivity index (χ3v) is 12.9. The van der Waals surface area contributed by atoms with E-state index in [1.165, 1.54) is 7.11 Å². The Labute approximate surface area is 329 Å². The van der Waals surface area contributed by atoms with Gasteiger partial charge in [-0.05, 0) is 93.3 Å². The average Bonchev–Trinajstić information content (AvgIpc) is 3.23. The molecular formula is C41H74N2O12. The number of likely N-dealkylation sites (N-methyl/N-ethyl adjacent to an activating group) is 1. The standard InChI is InChI=1S/C41H74N2O12/c1-15-30-41(11,48)36-27(7)43(20-23(3)21-50-36)19-22(2)17-39(9,47)35(55-38-32(44)29(42(12)13)16-24(4)51-38)25(5)33(26(6)37(46)53-30)54-31-18-40(10,49-14)34(45)28(8)52-31/h22,24-36,38,44-45,47-48H,3,15-21H2,1-2,4-14H3/t22-,24-,25+,26-,27-,28+,29+,30-,31+,32-,33+,34+,35-,36+,38+,39-,40-,41-/m1/s1. The highest BCUT2D eigenvalue weighted by atomic mass is 16.7. The van der Waals surface area contributed by atoms with Crippen molar-refractivity contribution in [3.63, 3.8) is 0 Å². The van der Waals surface area contributed by atoms with Crippen molar-refractivity contribution in [2.75, 3.05) is 40.9 Å². The average molecular weight is 787 g/mol. The van der Waals surface area contributed by atoms with Crippen molar-refractivity contribution in [1.29, 1.82) is 0 Å². The zero-order valence-corrected chi connectivity index (χ0v) is 35.8. The number of nitrogens with zero attached hydrogens (tertiary/aromatic N) is 2. The van der Waals surface area contributed by atoms with Gasteiger partial charge in [0.05, 0.1) is 48.1 Å². The van der Waals surface area contributed by atoms with Gasteiger partial charge in [-0.15, -0.1) is 0 Å². The number of aliphatic hydroxyl groups is 4. The molecule has 1 unspecified atom stereocenters. The highest BCUT2D eigenvalue weighted by molar-refractivity contribution is 5.73. The molecule has 0 spiro atoms. The molecule has 55 heavy (non-hydrogen) atoms. The first kappa shape index (κ1) is 46.4. The molecule has 4 fully saturated rings. The topological polar surface area (TPSA) is 169 Å². The Hall–Kier alpha value is -1.27. The minimum absolute atomic E-state index is 0.105. The van der Waals surface area contributed by atoms with Gasteiger partial charge in [0.1, 0.15) is 30.0 Å². The fraction of sp³-hybridized carbons (Fsp3) is 0.927. The van der Waals surface area contributed by atoms with Crippen LogP contribution in [0.5, 0.6) is 0 Å². The third-order valence-electron chi connectivity index (χ3n) is 12.9. The molecule has 2 bridgehead atoms. The van der Waals surface area contributed by atoms with Gasteiger partial charge in [-0.2, -0.15) is 0 Å². The molecule has 4 aliphatic heterocycles. The quantitative estimate of drug-likeness (QED) is 0.220. The van der Waals surface area contributed by atoms with Gasteiger partial charge in [-0.3, -0.25) is 9.69 Å². The van der Waals surface area contributed by atoms with Crippen molar-refractivity contribution < 1.29 is 58.4 Å². The molecule has 4 rings (SSSR count). The second-order valence-electron chi connectivity index (χ2n) is 18.2. The fourth-order valence-corrected chi connectivity index (χ4v) is 9.65. The molecule has 0 saturated carbocycles. The molecule has 0 aromatic heterocycles. The van der Waals surface area contributed by atoms with Gasteiger partial charge < -0.3 is 58.5 Å². The largest absolute Gasteiger partial charge is 0.459 e. The molecule has 0 aliphatic carbocycles. The van der Waals surface area contributed by atoms with E-state index in [1.807, 2.05) is 46.7 Å². The van der Waals surface area contributed by atoms with E-state index < -0.39 is 89.9 Å². The van der Waals surface area contributed by atoms with Crippen LogP contribution in [0.3, 0.4) is 0 Å². The molecule has 0 aromatic rings. The summed E-state index contributed by atoms with van der Waals surface area (Å²) in [6.07, 6.45) is -7.28. The molecule has 320 valence electrons. The van der Waals surface area contributed by atoms with Gasteiger partial charge >= 0.3 is 5.97 Å². The number of rotatable bonds is 7. The van der Waals surface area contributed by atoms with Crippen LogP contribution < -0.4 is 0 Å². The Balaban J connectivity index is 1.84. The van der Waals surface area contributed by atoms with Crippen molar-refractivity contribution in [1.82, 2.24) is 9.80 Å². The maximum Gasteiger partial charge on any atom is 0.311 e. The van der Waals surface area contributed by atoms with Gasteiger partial charge in [0, 0.05) is 44.6 Å². The van der Waals surface area contributed by atoms with Crippen LogP contribution in [0, 0.1) is 17.8 Å². The Morgan fingerprint density at radius 2 is 1.65 bits per heavy atom. The maximum absolute atomic E-state index is 14.4. The zero-order chi connectivity index (χ0) is 41.4. The number of esters is 1. The number of methoxy groups -OCH3 is 1. The summed E-state index contributed by atoms with van der Waals surface area (Å²) in [7, 11) is 5.32. The second-order valence-corrected chi connectivity index (χ2v) is 18.2. The number of carbonyl (C=O) groups is 1. The number of cyclic esters (lactones) is 1. The second kappa shape index (κ2) is 18.3. The molecule has 14 nitrogen and oxygen atoms in total. The first-order valence-corrected chi connectivity index (χ1v) is 20.3. The van der Waals surface area contributed by atoms with Crippen LogP contribution in [-0.4, -0.2) is 167 Å². The van der Waals surface area contributed by atoms with Crippen LogP contribution in [0.25, 0.3) is 0 Å². The highest BCUT2D eigenvalue weighted by Crippen LogP contribution is 2.40. The van der Waals surface area contributed by atoms with E-state index in [-0.39, 0.29) is 43.6 Å². The molecule has 4 saturated heterocycles. The summed E-state index contributed by atoms with van der Waals surface area (Å²) in [6.45, 7) is 23.8. The number of aliphatic hydroxyl groups excluding tert-OH is 2. The van der Waals surface area contributed by atoms with Crippen LogP contribution in [0.4, 0.5) is 0 Å². The summed E-state index contributed by atoms with van der Waals surface area (Å²) >= 11 is 0. The van der Waals surface area contributed by atoms with E-state index in [0.717, 1.165) is 5.57 Å². The lowest BCUT2D eigenvalue weighted by Crippen LogP contribution is -2.60. The van der Waals surface area contributed by atoms with Crippen LogP contribution in [0.2, 0.25) is 0 Å². The molecule has 0 aromatic carbocycles. The van der Waals surface area contributed by atoms with E-state index >= 15 is 0 Å². The van der Waals surface area contributed by atoms with Gasteiger partial charge in [-0.25, -0.2) is 0 Å². The first-order valence-electron chi connectivity index (χ1n) is 20.3. The Morgan fingerprint density at radius 3 is 2.25 bits per heavy atom. The van der Waals surface area contributed by atoms with Crippen LogP contribution >= 0.6 is 0 Å². The van der Waals surface area contributed by atoms with Crippen molar-refractivity contribution in [3.8, 4) is 0 Å². The first-order chi connectivity index (χ1) is 25.5. The van der Waals surface area contributed by atoms with E-state index in [9.17, 15) is 25.2 Å². The van der Waals surface area contributed by atoms with Crippen LogP contribution in [0.15, 0.2) is 12.2 Å². The minimum Gasteiger partial charge on any atom is -0.459 e. The Bertz CT molecular complexity index is 1280. The lowest BCUT2D eigenvalue weighted by molar-refractivity contribution is -0.318. The summed E-state index contributed by atoms with van der Waals surface area (Å²) < 4.78 is 44.4. The maximum atomic E-state index is 14.4. The van der Waals surface area contributed by atoms with Gasteiger partial charge in [0.2, 0.25) is 0 Å². The lowest BCUT2D eigenvalue weighted by Gasteiger charge is -2.48. The van der Waals surface area contributed by atoms with E-state index in [2.05, 4.69) is 18.4 Å². The van der Waals surface area contributed by atoms with Crippen LogP contribution in [0.1, 0.15) is 94.9 Å². The summed E-state index contributed by atoms with van der Waals surface area (Å²) in [4.78, 5) is 18.6. The lowest BCUT2D eigenvalue weighted by atomic mass is 9.77.